The number of hydrogen-bond donors (Lipinski definition) is 0. The van der Waals surface area contributed by atoms with Gasteiger partial charge < -0.3 is 4.74 Å². The van der Waals surface area contributed by atoms with Gasteiger partial charge in [-0.1, -0.05) is 38.3 Å². The zero-order valence-electron chi connectivity index (χ0n) is 11.3. The molecule has 3 rings (SSSR count). The van der Waals surface area contributed by atoms with E-state index in [0.717, 1.165) is 11.8 Å². The average molecular weight is 234 g/mol. The Labute approximate surface area is 106 Å². The summed E-state index contributed by atoms with van der Waals surface area (Å²) in [6.45, 7) is 4.67. The molecule has 0 aromatic rings. The summed E-state index contributed by atoms with van der Waals surface area (Å²) in [4.78, 5) is 0. The Bertz CT molecular complexity index is 305. The van der Waals surface area contributed by atoms with E-state index in [-0.39, 0.29) is 0 Å². The van der Waals surface area contributed by atoms with Gasteiger partial charge in [-0.15, -0.1) is 0 Å². The van der Waals surface area contributed by atoms with Crippen molar-refractivity contribution in [1.82, 2.24) is 0 Å². The second-order valence-electron chi connectivity index (χ2n) is 6.52. The molecule has 96 valence electrons. The molecule has 17 heavy (non-hydrogen) atoms. The third kappa shape index (κ3) is 2.07. The first-order chi connectivity index (χ1) is 8.27. The fourth-order valence-corrected chi connectivity index (χ4v) is 4.26. The molecule has 0 unspecified atom stereocenters. The standard InChI is InChI=1S/C16H26O/c1-11(2)16-14-9-4-3-7-12(14)13-8-5-6-10-15(13)17-16/h7,11,13-16H,3-6,8-10H2,1-2H3/t13-,14-,15+,16-/m1/s1. The zero-order valence-corrected chi connectivity index (χ0v) is 11.3. The smallest absolute Gasteiger partial charge is 0.0667 e. The summed E-state index contributed by atoms with van der Waals surface area (Å²) in [5, 5.41) is 0. The summed E-state index contributed by atoms with van der Waals surface area (Å²) in [5.74, 6) is 2.21. The summed E-state index contributed by atoms with van der Waals surface area (Å²) in [5.41, 5.74) is 1.80. The maximum Gasteiger partial charge on any atom is 0.0667 e. The number of allylic oxidation sites excluding steroid dienone is 1. The predicted molar refractivity (Wildman–Crippen MR) is 70.9 cm³/mol. The van der Waals surface area contributed by atoms with Crippen molar-refractivity contribution in [1.29, 1.82) is 0 Å². The van der Waals surface area contributed by atoms with Crippen LogP contribution < -0.4 is 0 Å². The quantitative estimate of drug-likeness (QED) is 0.614. The lowest BCUT2D eigenvalue weighted by atomic mass is 9.67. The van der Waals surface area contributed by atoms with Gasteiger partial charge in [0.2, 0.25) is 0 Å². The van der Waals surface area contributed by atoms with Gasteiger partial charge in [-0.25, -0.2) is 0 Å². The highest BCUT2D eigenvalue weighted by atomic mass is 16.5. The Hall–Kier alpha value is -0.300. The molecular weight excluding hydrogens is 208 g/mol. The fraction of sp³-hybridized carbons (Fsp3) is 0.875. The Kier molecular flexibility index (Phi) is 3.30. The molecule has 0 aromatic heterocycles. The zero-order chi connectivity index (χ0) is 11.8. The van der Waals surface area contributed by atoms with Crippen molar-refractivity contribution < 1.29 is 4.74 Å². The van der Waals surface area contributed by atoms with Crippen LogP contribution in [0.1, 0.15) is 58.8 Å². The van der Waals surface area contributed by atoms with Crippen LogP contribution in [0.5, 0.6) is 0 Å². The van der Waals surface area contributed by atoms with Crippen molar-refractivity contribution in [3.8, 4) is 0 Å². The molecule has 0 aromatic carbocycles. The molecule has 4 atom stereocenters. The number of hydrogen-bond acceptors (Lipinski definition) is 1. The lowest BCUT2D eigenvalue weighted by Gasteiger charge is -2.48. The van der Waals surface area contributed by atoms with E-state index in [1.165, 1.54) is 44.9 Å². The highest BCUT2D eigenvalue weighted by Gasteiger charge is 2.43. The second-order valence-corrected chi connectivity index (χ2v) is 6.52. The molecular formula is C16H26O. The largest absolute Gasteiger partial charge is 0.373 e. The predicted octanol–water partition coefficient (Wildman–Crippen LogP) is 4.33. The third-order valence-electron chi connectivity index (χ3n) is 5.04. The normalized spacial score (nSPS) is 41.7. The molecule has 2 fully saturated rings. The number of rotatable bonds is 1. The Balaban J connectivity index is 1.88. The average Bonchev–Trinajstić information content (AvgIpc) is 2.37. The first kappa shape index (κ1) is 11.8. The first-order valence-corrected chi connectivity index (χ1v) is 7.63. The van der Waals surface area contributed by atoms with Crippen LogP contribution in [0.3, 0.4) is 0 Å². The van der Waals surface area contributed by atoms with Gasteiger partial charge in [0, 0.05) is 11.8 Å². The van der Waals surface area contributed by atoms with Crippen LogP contribution in [-0.2, 0) is 4.74 Å². The van der Waals surface area contributed by atoms with Crippen molar-refractivity contribution in [2.75, 3.05) is 0 Å². The molecule has 2 aliphatic carbocycles. The van der Waals surface area contributed by atoms with Crippen molar-refractivity contribution in [2.24, 2.45) is 17.8 Å². The Morgan fingerprint density at radius 3 is 2.65 bits per heavy atom. The van der Waals surface area contributed by atoms with Crippen LogP contribution in [0.2, 0.25) is 0 Å². The number of ether oxygens (including phenoxy) is 1. The topological polar surface area (TPSA) is 9.23 Å². The Morgan fingerprint density at radius 1 is 1.06 bits per heavy atom. The summed E-state index contributed by atoms with van der Waals surface area (Å²) in [7, 11) is 0. The van der Waals surface area contributed by atoms with Crippen molar-refractivity contribution in [2.45, 2.75) is 71.0 Å². The van der Waals surface area contributed by atoms with Crippen LogP contribution in [0, 0.1) is 17.8 Å². The van der Waals surface area contributed by atoms with Gasteiger partial charge in [0.15, 0.2) is 0 Å². The van der Waals surface area contributed by atoms with Crippen LogP contribution >= 0.6 is 0 Å². The van der Waals surface area contributed by atoms with Gasteiger partial charge in [-0.05, 0) is 38.0 Å². The van der Waals surface area contributed by atoms with E-state index >= 15 is 0 Å². The first-order valence-electron chi connectivity index (χ1n) is 7.63. The molecule has 0 N–H and O–H groups in total. The number of fused-ring (bicyclic) bond motifs is 3. The van der Waals surface area contributed by atoms with Crippen LogP contribution in [0.15, 0.2) is 11.6 Å². The van der Waals surface area contributed by atoms with E-state index in [1.807, 2.05) is 0 Å². The molecule has 1 heteroatoms. The van der Waals surface area contributed by atoms with Gasteiger partial charge in [0.25, 0.3) is 0 Å². The van der Waals surface area contributed by atoms with Crippen molar-refractivity contribution in [3.05, 3.63) is 11.6 Å². The van der Waals surface area contributed by atoms with E-state index in [2.05, 4.69) is 19.9 Å². The minimum Gasteiger partial charge on any atom is -0.373 e. The van der Waals surface area contributed by atoms with E-state index in [9.17, 15) is 0 Å². The van der Waals surface area contributed by atoms with Gasteiger partial charge in [-0.2, -0.15) is 0 Å². The maximum absolute atomic E-state index is 6.48. The SMILES string of the molecule is CC(C)[C@H]1O[C@H]2CCCC[C@@H]2C2=CCCC[C@H]21. The molecule has 3 aliphatic rings. The minimum absolute atomic E-state index is 0.501. The maximum atomic E-state index is 6.48. The highest BCUT2D eigenvalue weighted by molar-refractivity contribution is 5.20. The van der Waals surface area contributed by atoms with Gasteiger partial charge in [0.05, 0.1) is 12.2 Å². The van der Waals surface area contributed by atoms with Gasteiger partial charge >= 0.3 is 0 Å². The summed E-state index contributed by atoms with van der Waals surface area (Å²) in [6, 6.07) is 0. The Morgan fingerprint density at radius 2 is 1.82 bits per heavy atom. The van der Waals surface area contributed by atoms with Crippen molar-refractivity contribution in [3.63, 3.8) is 0 Å². The van der Waals surface area contributed by atoms with E-state index < -0.39 is 0 Å². The highest BCUT2D eigenvalue weighted by Crippen LogP contribution is 2.47. The molecule has 1 heterocycles. The second kappa shape index (κ2) is 4.76. The van der Waals surface area contributed by atoms with Gasteiger partial charge in [-0.3, -0.25) is 0 Å². The van der Waals surface area contributed by atoms with Crippen LogP contribution in [-0.4, -0.2) is 12.2 Å². The molecule has 1 aliphatic heterocycles. The monoisotopic (exact) mass is 234 g/mol. The van der Waals surface area contributed by atoms with E-state index in [4.69, 9.17) is 4.74 Å². The molecule has 0 spiro atoms. The van der Waals surface area contributed by atoms with Gasteiger partial charge in [0.1, 0.15) is 0 Å². The third-order valence-corrected chi connectivity index (χ3v) is 5.04. The van der Waals surface area contributed by atoms with Crippen molar-refractivity contribution >= 4 is 0 Å². The molecule has 1 saturated heterocycles. The van der Waals surface area contributed by atoms with E-state index in [1.54, 1.807) is 5.57 Å². The molecule has 0 radical (unpaired) electrons. The lowest BCUT2D eigenvalue weighted by Crippen LogP contribution is -2.47. The van der Waals surface area contributed by atoms with Crippen LogP contribution in [0.4, 0.5) is 0 Å². The fourth-order valence-electron chi connectivity index (χ4n) is 4.26. The summed E-state index contributed by atoms with van der Waals surface area (Å²) in [6.07, 6.45) is 13.2. The summed E-state index contributed by atoms with van der Waals surface area (Å²) >= 11 is 0. The lowest BCUT2D eigenvalue weighted by molar-refractivity contribution is -0.121. The molecule has 0 bridgehead atoms. The summed E-state index contributed by atoms with van der Waals surface area (Å²) < 4.78 is 6.48. The minimum atomic E-state index is 0.501. The molecule has 1 nitrogen and oxygen atoms in total. The molecule has 1 saturated carbocycles. The van der Waals surface area contributed by atoms with Crippen LogP contribution in [0.25, 0.3) is 0 Å². The van der Waals surface area contributed by atoms with E-state index in [0.29, 0.717) is 18.1 Å². The molecule has 0 amide bonds.